The SMILES string of the molecule is O=C1NC(=Nc2cccc(I)c2)S/C1=C/c1cccc(Oc2ccccc2)c1. The number of carbonyl (C=O) groups excluding carboxylic acids is 1. The molecule has 6 heteroatoms. The van der Waals surface area contributed by atoms with Gasteiger partial charge in [0.15, 0.2) is 5.17 Å². The molecule has 1 amide bonds. The van der Waals surface area contributed by atoms with E-state index in [2.05, 4.69) is 32.9 Å². The van der Waals surface area contributed by atoms with Crippen LogP contribution in [0.2, 0.25) is 0 Å². The molecule has 0 saturated carbocycles. The summed E-state index contributed by atoms with van der Waals surface area (Å²) >= 11 is 3.57. The van der Waals surface area contributed by atoms with Crippen molar-refractivity contribution in [1.29, 1.82) is 0 Å². The van der Waals surface area contributed by atoms with Gasteiger partial charge >= 0.3 is 0 Å². The third-order valence-corrected chi connectivity index (χ3v) is 5.41. The van der Waals surface area contributed by atoms with Crippen molar-refractivity contribution in [3.8, 4) is 11.5 Å². The molecule has 4 rings (SSSR count). The average Bonchev–Trinajstić information content (AvgIpc) is 3.02. The number of rotatable bonds is 4. The fourth-order valence-corrected chi connectivity index (χ4v) is 3.96. The molecule has 1 aliphatic rings. The summed E-state index contributed by atoms with van der Waals surface area (Å²) in [5.74, 6) is 1.34. The van der Waals surface area contributed by atoms with Gasteiger partial charge in [0.05, 0.1) is 10.6 Å². The van der Waals surface area contributed by atoms with E-state index in [1.54, 1.807) is 0 Å². The number of benzene rings is 3. The Morgan fingerprint density at radius 1 is 0.929 bits per heavy atom. The van der Waals surface area contributed by atoms with Crippen molar-refractivity contribution in [2.24, 2.45) is 4.99 Å². The predicted molar refractivity (Wildman–Crippen MR) is 123 cm³/mol. The molecule has 1 heterocycles. The molecule has 4 nitrogen and oxygen atoms in total. The number of amides is 1. The first-order valence-electron chi connectivity index (χ1n) is 8.54. The van der Waals surface area contributed by atoms with E-state index in [0.717, 1.165) is 26.3 Å². The zero-order chi connectivity index (χ0) is 19.3. The van der Waals surface area contributed by atoms with Crippen molar-refractivity contribution < 1.29 is 9.53 Å². The number of carbonyl (C=O) groups is 1. The fraction of sp³-hybridized carbons (Fsp3) is 0. The molecule has 1 aliphatic heterocycles. The van der Waals surface area contributed by atoms with Gasteiger partial charge in [-0.3, -0.25) is 4.79 Å². The molecule has 0 atom stereocenters. The maximum Gasteiger partial charge on any atom is 0.264 e. The minimum Gasteiger partial charge on any atom is -0.457 e. The molecule has 1 N–H and O–H groups in total. The normalized spacial score (nSPS) is 16.4. The molecule has 28 heavy (non-hydrogen) atoms. The number of para-hydroxylation sites is 1. The van der Waals surface area contributed by atoms with E-state index in [9.17, 15) is 4.79 Å². The summed E-state index contributed by atoms with van der Waals surface area (Å²) in [5, 5.41) is 3.40. The molecule has 1 fully saturated rings. The van der Waals surface area contributed by atoms with E-state index < -0.39 is 0 Å². The molecule has 0 aliphatic carbocycles. The highest BCUT2D eigenvalue weighted by Crippen LogP contribution is 2.30. The van der Waals surface area contributed by atoms with Crippen molar-refractivity contribution >= 4 is 57.2 Å². The van der Waals surface area contributed by atoms with Crippen LogP contribution >= 0.6 is 34.4 Å². The van der Waals surface area contributed by atoms with Gasteiger partial charge in [0.2, 0.25) is 0 Å². The molecule has 138 valence electrons. The van der Waals surface area contributed by atoms with Crippen LogP contribution < -0.4 is 10.1 Å². The van der Waals surface area contributed by atoms with Gasteiger partial charge in [-0.05, 0) is 88.5 Å². The van der Waals surface area contributed by atoms with Gasteiger partial charge in [-0.2, -0.15) is 0 Å². The highest BCUT2D eigenvalue weighted by atomic mass is 127. The first-order valence-corrected chi connectivity index (χ1v) is 10.4. The van der Waals surface area contributed by atoms with Gasteiger partial charge in [0, 0.05) is 3.57 Å². The summed E-state index contributed by atoms with van der Waals surface area (Å²) in [6, 6.07) is 25.1. The Balaban J connectivity index is 1.52. The fourth-order valence-electron chi connectivity index (χ4n) is 2.59. The van der Waals surface area contributed by atoms with Crippen LogP contribution in [0.4, 0.5) is 5.69 Å². The molecule has 0 unspecified atom stereocenters. The Kier molecular flexibility index (Phi) is 5.78. The number of hydrogen-bond donors (Lipinski definition) is 1. The Morgan fingerprint density at radius 2 is 1.71 bits per heavy atom. The van der Waals surface area contributed by atoms with Gasteiger partial charge in [0.1, 0.15) is 11.5 Å². The second-order valence-corrected chi connectivity index (χ2v) is 8.23. The number of halogens is 1. The zero-order valence-corrected chi connectivity index (χ0v) is 17.6. The van der Waals surface area contributed by atoms with Crippen molar-refractivity contribution in [3.05, 3.63) is 92.9 Å². The Morgan fingerprint density at radius 3 is 2.54 bits per heavy atom. The minimum absolute atomic E-state index is 0.149. The number of nitrogens with one attached hydrogen (secondary N) is 1. The minimum atomic E-state index is -0.149. The molecule has 1 saturated heterocycles. The summed E-state index contributed by atoms with van der Waals surface area (Å²) in [5.41, 5.74) is 1.70. The lowest BCUT2D eigenvalue weighted by Crippen LogP contribution is -2.19. The van der Waals surface area contributed by atoms with E-state index in [1.807, 2.05) is 84.9 Å². The van der Waals surface area contributed by atoms with Crippen LogP contribution in [-0.2, 0) is 4.79 Å². The van der Waals surface area contributed by atoms with Crippen LogP contribution in [0.25, 0.3) is 6.08 Å². The lowest BCUT2D eigenvalue weighted by molar-refractivity contribution is -0.115. The average molecular weight is 498 g/mol. The Bertz CT molecular complexity index is 1080. The first kappa shape index (κ1) is 18.8. The Hall–Kier alpha value is -2.58. The van der Waals surface area contributed by atoms with Crippen LogP contribution in [0.15, 0.2) is 88.8 Å². The topological polar surface area (TPSA) is 50.7 Å². The molecular formula is C22H15IN2O2S. The van der Waals surface area contributed by atoms with Crippen LogP contribution in [0.1, 0.15) is 5.56 Å². The van der Waals surface area contributed by atoms with Crippen LogP contribution in [0.3, 0.4) is 0 Å². The number of thioether (sulfide) groups is 1. The van der Waals surface area contributed by atoms with Crippen molar-refractivity contribution in [2.45, 2.75) is 0 Å². The maximum absolute atomic E-state index is 12.3. The molecule has 0 bridgehead atoms. The third-order valence-electron chi connectivity index (χ3n) is 3.82. The van der Waals surface area contributed by atoms with E-state index in [4.69, 9.17) is 4.74 Å². The second kappa shape index (κ2) is 8.62. The summed E-state index contributed by atoms with van der Waals surface area (Å²) in [6.07, 6.45) is 1.84. The highest BCUT2D eigenvalue weighted by molar-refractivity contribution is 14.1. The second-order valence-electron chi connectivity index (χ2n) is 5.95. The largest absolute Gasteiger partial charge is 0.457 e. The van der Waals surface area contributed by atoms with E-state index in [0.29, 0.717) is 10.1 Å². The van der Waals surface area contributed by atoms with Crippen molar-refractivity contribution in [1.82, 2.24) is 5.32 Å². The lowest BCUT2D eigenvalue weighted by atomic mass is 10.2. The summed E-state index contributed by atoms with van der Waals surface area (Å²) in [6.45, 7) is 0. The molecular weight excluding hydrogens is 483 g/mol. The van der Waals surface area contributed by atoms with E-state index in [1.165, 1.54) is 11.8 Å². The number of aliphatic imine (C=N–C) groups is 1. The summed E-state index contributed by atoms with van der Waals surface area (Å²) in [4.78, 5) is 17.4. The van der Waals surface area contributed by atoms with E-state index >= 15 is 0 Å². The quantitative estimate of drug-likeness (QED) is 0.356. The van der Waals surface area contributed by atoms with Crippen LogP contribution in [-0.4, -0.2) is 11.1 Å². The van der Waals surface area contributed by atoms with Gasteiger partial charge in [-0.1, -0.05) is 36.4 Å². The summed E-state index contributed by atoms with van der Waals surface area (Å²) < 4.78 is 6.96. The zero-order valence-electron chi connectivity index (χ0n) is 14.6. The van der Waals surface area contributed by atoms with Gasteiger partial charge in [-0.25, -0.2) is 4.99 Å². The lowest BCUT2D eigenvalue weighted by Gasteiger charge is -2.06. The molecule has 0 aromatic heterocycles. The molecule has 0 spiro atoms. The number of amidine groups is 1. The number of nitrogens with zero attached hydrogens (tertiary/aromatic N) is 1. The summed E-state index contributed by atoms with van der Waals surface area (Å²) in [7, 11) is 0. The van der Waals surface area contributed by atoms with Crippen molar-refractivity contribution in [2.75, 3.05) is 0 Å². The van der Waals surface area contributed by atoms with Crippen LogP contribution in [0, 0.1) is 3.57 Å². The first-order chi connectivity index (χ1) is 13.7. The predicted octanol–water partition coefficient (Wildman–Crippen LogP) is 5.98. The monoisotopic (exact) mass is 498 g/mol. The molecule has 3 aromatic rings. The standard InChI is InChI=1S/C22H15IN2O2S/c23-16-7-5-8-17(14-16)24-22-25-21(26)20(28-22)13-15-6-4-11-19(12-15)27-18-9-2-1-3-10-18/h1-14H,(H,24,25,26)/b20-13+. The van der Waals surface area contributed by atoms with Crippen LogP contribution in [0.5, 0.6) is 11.5 Å². The van der Waals surface area contributed by atoms with Crippen molar-refractivity contribution in [3.63, 3.8) is 0 Å². The molecule has 0 radical (unpaired) electrons. The Labute approximate surface area is 180 Å². The van der Waals surface area contributed by atoms with Gasteiger partial charge < -0.3 is 10.1 Å². The number of hydrogen-bond acceptors (Lipinski definition) is 4. The smallest absolute Gasteiger partial charge is 0.264 e. The van der Waals surface area contributed by atoms with Gasteiger partial charge in [-0.15, -0.1) is 0 Å². The third kappa shape index (κ3) is 4.82. The maximum atomic E-state index is 12.3. The highest BCUT2D eigenvalue weighted by Gasteiger charge is 2.23. The number of ether oxygens (including phenoxy) is 1. The molecule has 3 aromatic carbocycles. The van der Waals surface area contributed by atoms with Gasteiger partial charge in [0.25, 0.3) is 5.91 Å². The van der Waals surface area contributed by atoms with E-state index in [-0.39, 0.29) is 5.91 Å².